The lowest BCUT2D eigenvalue weighted by atomic mass is 10.1. The molecular weight excluding hydrogens is 330 g/mol. The number of thioether (sulfide) groups is 1. The van der Waals surface area contributed by atoms with Crippen molar-refractivity contribution >= 4 is 17.6 Å². The van der Waals surface area contributed by atoms with Gasteiger partial charge in [-0.15, -0.1) is 0 Å². The van der Waals surface area contributed by atoms with Gasteiger partial charge >= 0.3 is 0 Å². The predicted molar refractivity (Wildman–Crippen MR) is 104 cm³/mol. The molecule has 0 bridgehead atoms. The van der Waals surface area contributed by atoms with Crippen LogP contribution in [-0.2, 0) is 13.0 Å². The van der Waals surface area contributed by atoms with Crippen LogP contribution >= 0.6 is 11.8 Å². The summed E-state index contributed by atoms with van der Waals surface area (Å²) in [5, 5.41) is 0.910. The first-order valence-electron chi connectivity index (χ1n) is 9.38. The lowest BCUT2D eigenvalue weighted by molar-refractivity contribution is 0.553. The highest BCUT2D eigenvalue weighted by Crippen LogP contribution is 2.28. The van der Waals surface area contributed by atoms with Crippen LogP contribution in [0.15, 0.2) is 40.3 Å². The summed E-state index contributed by atoms with van der Waals surface area (Å²) >= 11 is 1.73. The molecule has 1 aromatic heterocycles. The third-order valence-corrected chi connectivity index (χ3v) is 6.15. The molecule has 4 nitrogen and oxygen atoms in total. The van der Waals surface area contributed by atoms with Gasteiger partial charge in [-0.1, -0.05) is 54.9 Å². The van der Waals surface area contributed by atoms with Crippen LogP contribution in [0.1, 0.15) is 43.2 Å². The van der Waals surface area contributed by atoms with Crippen molar-refractivity contribution in [2.45, 2.75) is 50.2 Å². The van der Waals surface area contributed by atoms with Gasteiger partial charge in [0.05, 0.1) is 5.56 Å². The average molecular weight is 356 g/mol. The Labute approximate surface area is 153 Å². The quantitative estimate of drug-likeness (QED) is 0.787. The van der Waals surface area contributed by atoms with E-state index in [-0.39, 0.29) is 5.56 Å². The van der Waals surface area contributed by atoms with Crippen LogP contribution in [0.4, 0.5) is 5.82 Å². The van der Waals surface area contributed by atoms with E-state index in [1.54, 1.807) is 11.8 Å². The molecule has 0 saturated carbocycles. The van der Waals surface area contributed by atoms with E-state index < -0.39 is 0 Å². The van der Waals surface area contributed by atoms with Crippen LogP contribution in [0, 0.1) is 0 Å². The second kappa shape index (κ2) is 7.65. The van der Waals surface area contributed by atoms with Gasteiger partial charge in [-0.2, -0.15) is 0 Å². The van der Waals surface area contributed by atoms with E-state index in [4.69, 9.17) is 4.98 Å². The van der Waals surface area contributed by atoms with E-state index in [0.717, 1.165) is 48.3 Å². The Balaban J connectivity index is 1.79. The van der Waals surface area contributed by atoms with Crippen molar-refractivity contribution in [3.63, 3.8) is 0 Å². The lowest BCUT2D eigenvalue weighted by Crippen LogP contribution is -2.35. The van der Waals surface area contributed by atoms with Crippen molar-refractivity contribution in [2.75, 3.05) is 23.7 Å². The van der Waals surface area contributed by atoms with Gasteiger partial charge in [0.25, 0.3) is 5.56 Å². The van der Waals surface area contributed by atoms with Crippen LogP contribution < -0.4 is 10.5 Å². The van der Waals surface area contributed by atoms with Gasteiger partial charge in [0, 0.05) is 31.8 Å². The van der Waals surface area contributed by atoms with Gasteiger partial charge in [-0.3, -0.25) is 9.36 Å². The zero-order chi connectivity index (χ0) is 17.1. The van der Waals surface area contributed by atoms with E-state index in [1.807, 2.05) is 22.8 Å². The molecule has 1 fully saturated rings. The third-order valence-electron chi connectivity index (χ3n) is 5.09. The number of anilines is 1. The molecule has 0 radical (unpaired) electrons. The van der Waals surface area contributed by atoms with E-state index in [1.165, 1.54) is 31.2 Å². The molecule has 0 amide bonds. The molecule has 0 N–H and O–H groups in total. The normalized spacial score (nSPS) is 17.8. The van der Waals surface area contributed by atoms with Crippen LogP contribution in [0.5, 0.6) is 0 Å². The topological polar surface area (TPSA) is 38.1 Å². The number of fused-ring (bicyclic) bond motifs is 1. The van der Waals surface area contributed by atoms with Crippen molar-refractivity contribution in [3.8, 4) is 0 Å². The van der Waals surface area contributed by atoms with Crippen molar-refractivity contribution in [2.24, 2.45) is 0 Å². The highest BCUT2D eigenvalue weighted by atomic mass is 32.2. The van der Waals surface area contributed by atoms with Gasteiger partial charge in [-0.05, 0) is 24.8 Å². The van der Waals surface area contributed by atoms with E-state index in [0.29, 0.717) is 6.42 Å². The number of aromatic nitrogens is 2. The number of hydrogen-bond donors (Lipinski definition) is 0. The average Bonchev–Trinajstić information content (AvgIpc) is 2.94. The molecular formula is C20H25N3OS. The van der Waals surface area contributed by atoms with Gasteiger partial charge < -0.3 is 4.90 Å². The molecule has 3 heterocycles. The molecule has 2 aliphatic heterocycles. The highest BCUT2D eigenvalue weighted by Gasteiger charge is 2.23. The fourth-order valence-corrected chi connectivity index (χ4v) is 4.69. The van der Waals surface area contributed by atoms with Crippen LogP contribution in [0.3, 0.4) is 0 Å². The summed E-state index contributed by atoms with van der Waals surface area (Å²) in [5.74, 6) is 2.00. The van der Waals surface area contributed by atoms with Gasteiger partial charge in [0.15, 0.2) is 5.16 Å². The SMILES string of the molecule is O=c1c(Cc2ccccc2)c(N2CCCCCC2)nc2n1CCCS2. The fourth-order valence-electron chi connectivity index (χ4n) is 3.76. The van der Waals surface area contributed by atoms with Crippen LogP contribution in [0.2, 0.25) is 0 Å². The summed E-state index contributed by atoms with van der Waals surface area (Å²) in [6.07, 6.45) is 6.67. The fraction of sp³-hybridized carbons (Fsp3) is 0.500. The summed E-state index contributed by atoms with van der Waals surface area (Å²) in [6, 6.07) is 10.3. The Morgan fingerprint density at radius 1 is 0.960 bits per heavy atom. The summed E-state index contributed by atoms with van der Waals surface area (Å²) in [7, 11) is 0. The maximum atomic E-state index is 13.3. The zero-order valence-corrected chi connectivity index (χ0v) is 15.4. The van der Waals surface area contributed by atoms with Crippen LogP contribution in [0.25, 0.3) is 0 Å². The monoisotopic (exact) mass is 355 g/mol. The Morgan fingerprint density at radius 2 is 1.72 bits per heavy atom. The summed E-state index contributed by atoms with van der Waals surface area (Å²) in [4.78, 5) is 20.6. The predicted octanol–water partition coefficient (Wildman–Crippen LogP) is 3.71. The minimum absolute atomic E-state index is 0.167. The van der Waals surface area contributed by atoms with Crippen LogP contribution in [-0.4, -0.2) is 28.4 Å². The molecule has 4 rings (SSSR count). The molecule has 0 aliphatic carbocycles. The molecule has 132 valence electrons. The largest absolute Gasteiger partial charge is 0.356 e. The Bertz CT molecular complexity index is 780. The number of rotatable bonds is 3. The van der Waals surface area contributed by atoms with Crippen molar-refractivity contribution in [1.29, 1.82) is 0 Å². The zero-order valence-electron chi connectivity index (χ0n) is 14.6. The Kier molecular flexibility index (Phi) is 5.11. The molecule has 1 saturated heterocycles. The molecule has 0 unspecified atom stereocenters. The van der Waals surface area contributed by atoms with E-state index >= 15 is 0 Å². The number of nitrogens with zero attached hydrogens (tertiary/aromatic N) is 3. The maximum Gasteiger partial charge on any atom is 0.259 e. The second-order valence-corrected chi connectivity index (χ2v) is 7.98. The molecule has 5 heteroatoms. The summed E-state index contributed by atoms with van der Waals surface area (Å²) < 4.78 is 1.90. The Morgan fingerprint density at radius 3 is 2.48 bits per heavy atom. The van der Waals surface area contributed by atoms with E-state index in [9.17, 15) is 4.79 Å². The molecule has 0 spiro atoms. The smallest absolute Gasteiger partial charge is 0.259 e. The van der Waals surface area contributed by atoms with Crippen molar-refractivity contribution in [3.05, 3.63) is 51.8 Å². The lowest BCUT2D eigenvalue weighted by Gasteiger charge is -2.27. The highest BCUT2D eigenvalue weighted by molar-refractivity contribution is 7.99. The second-order valence-electron chi connectivity index (χ2n) is 6.92. The molecule has 2 aromatic rings. The first-order chi connectivity index (χ1) is 12.3. The van der Waals surface area contributed by atoms with Crippen molar-refractivity contribution in [1.82, 2.24) is 9.55 Å². The maximum absolute atomic E-state index is 13.3. The first-order valence-corrected chi connectivity index (χ1v) is 10.4. The summed E-state index contributed by atoms with van der Waals surface area (Å²) in [6.45, 7) is 2.83. The van der Waals surface area contributed by atoms with Gasteiger partial charge in [-0.25, -0.2) is 4.98 Å². The summed E-state index contributed by atoms with van der Waals surface area (Å²) in [5.41, 5.74) is 2.22. The number of benzene rings is 1. The Hall–Kier alpha value is -1.75. The van der Waals surface area contributed by atoms with Crippen molar-refractivity contribution < 1.29 is 0 Å². The standard InChI is InChI=1S/C20H25N3OS/c24-19-17(15-16-9-4-3-5-10-16)18(22-11-6-1-2-7-12-22)21-20-23(19)13-8-14-25-20/h3-5,9-10H,1-2,6-8,11-15H2. The number of hydrogen-bond acceptors (Lipinski definition) is 4. The minimum atomic E-state index is 0.167. The molecule has 0 atom stereocenters. The van der Waals surface area contributed by atoms with Gasteiger partial charge in [0.1, 0.15) is 5.82 Å². The molecule has 2 aliphatic rings. The minimum Gasteiger partial charge on any atom is -0.356 e. The van der Waals surface area contributed by atoms with Gasteiger partial charge in [0.2, 0.25) is 0 Å². The molecule has 1 aromatic carbocycles. The molecule has 25 heavy (non-hydrogen) atoms. The first kappa shape index (κ1) is 16.7. The third kappa shape index (κ3) is 3.61. The van der Waals surface area contributed by atoms with E-state index in [2.05, 4.69) is 17.0 Å².